The van der Waals surface area contributed by atoms with Crippen molar-refractivity contribution in [2.45, 2.75) is 31.6 Å². The lowest BCUT2D eigenvalue weighted by atomic mass is 9.64. The Kier molecular flexibility index (Phi) is 3.27. The van der Waals surface area contributed by atoms with E-state index in [9.17, 15) is 0 Å². The average molecular weight is 284 g/mol. The van der Waals surface area contributed by atoms with Gasteiger partial charge in [0.05, 0.1) is 11.6 Å². The number of benzene rings is 1. The third kappa shape index (κ3) is 1.66. The molecule has 1 aromatic carbocycles. The molecular weight excluding hydrogens is 266 g/mol. The molecule has 0 unspecified atom stereocenters. The van der Waals surface area contributed by atoms with Crippen LogP contribution in [0.15, 0.2) is 16.6 Å². The number of halogens is 1. The number of ether oxygens (including phenoxy) is 1. The van der Waals surface area contributed by atoms with Gasteiger partial charge in [0.25, 0.3) is 0 Å². The first-order valence-electron chi connectivity index (χ1n) is 5.68. The Morgan fingerprint density at radius 1 is 1.44 bits per heavy atom. The molecule has 1 aliphatic rings. The minimum atomic E-state index is 0.180. The number of rotatable bonds is 3. The van der Waals surface area contributed by atoms with Crippen LogP contribution in [0.25, 0.3) is 0 Å². The third-order valence-corrected chi connectivity index (χ3v) is 4.56. The molecule has 0 spiro atoms. The van der Waals surface area contributed by atoms with Gasteiger partial charge < -0.3 is 10.5 Å². The second-order valence-corrected chi connectivity index (χ2v) is 5.41. The van der Waals surface area contributed by atoms with E-state index in [-0.39, 0.29) is 5.41 Å². The van der Waals surface area contributed by atoms with Gasteiger partial charge in [0.2, 0.25) is 0 Å². The summed E-state index contributed by atoms with van der Waals surface area (Å²) in [6.45, 7) is 2.78. The van der Waals surface area contributed by atoms with Crippen molar-refractivity contribution in [2.24, 2.45) is 5.73 Å². The Labute approximate surface area is 105 Å². The molecule has 1 fully saturated rings. The Morgan fingerprint density at radius 2 is 2.12 bits per heavy atom. The highest BCUT2D eigenvalue weighted by Gasteiger charge is 2.39. The minimum absolute atomic E-state index is 0.180. The monoisotopic (exact) mass is 283 g/mol. The van der Waals surface area contributed by atoms with Crippen LogP contribution in [-0.2, 0) is 5.41 Å². The lowest BCUT2D eigenvalue weighted by Gasteiger charge is -2.42. The summed E-state index contributed by atoms with van der Waals surface area (Å²) in [7, 11) is 1.72. The van der Waals surface area contributed by atoms with Gasteiger partial charge in [0.1, 0.15) is 5.75 Å². The fraction of sp³-hybridized carbons (Fsp3) is 0.538. The first kappa shape index (κ1) is 11.9. The molecule has 1 aromatic rings. The number of nitrogens with two attached hydrogens (primary N) is 1. The molecule has 0 aliphatic heterocycles. The highest BCUT2D eigenvalue weighted by Crippen LogP contribution is 2.48. The molecule has 16 heavy (non-hydrogen) atoms. The molecule has 0 atom stereocenters. The fourth-order valence-electron chi connectivity index (χ4n) is 2.50. The largest absolute Gasteiger partial charge is 0.495 e. The summed E-state index contributed by atoms with van der Waals surface area (Å²) >= 11 is 3.66. The van der Waals surface area contributed by atoms with Crippen LogP contribution < -0.4 is 10.5 Å². The second-order valence-electron chi connectivity index (χ2n) is 4.62. The van der Waals surface area contributed by atoms with E-state index in [1.807, 2.05) is 0 Å². The normalized spacial score (nSPS) is 18.0. The van der Waals surface area contributed by atoms with E-state index in [4.69, 9.17) is 10.5 Å². The number of methoxy groups -OCH3 is 1. The van der Waals surface area contributed by atoms with Crippen molar-refractivity contribution < 1.29 is 4.74 Å². The Morgan fingerprint density at radius 3 is 2.56 bits per heavy atom. The average Bonchev–Trinajstić information content (AvgIpc) is 2.21. The standard InChI is InChI=1S/C13H18BrNO/c1-9-4-5-10(11(14)12(9)16-2)13(8-15)6-3-7-13/h4-5H,3,6-8,15H2,1-2H3. The molecular formula is C13H18BrNO. The van der Waals surface area contributed by atoms with E-state index in [1.54, 1.807) is 7.11 Å². The van der Waals surface area contributed by atoms with Gasteiger partial charge in [-0.15, -0.1) is 0 Å². The molecule has 0 bridgehead atoms. The molecule has 3 heteroatoms. The summed E-state index contributed by atoms with van der Waals surface area (Å²) in [6, 6.07) is 4.31. The molecule has 0 radical (unpaired) electrons. The lowest BCUT2D eigenvalue weighted by molar-refractivity contribution is 0.250. The van der Waals surface area contributed by atoms with Crippen LogP contribution in [0.2, 0.25) is 0 Å². The Bertz CT molecular complexity index is 394. The summed E-state index contributed by atoms with van der Waals surface area (Å²) in [5.74, 6) is 0.942. The maximum Gasteiger partial charge on any atom is 0.136 e. The lowest BCUT2D eigenvalue weighted by Crippen LogP contribution is -2.41. The van der Waals surface area contributed by atoms with E-state index in [0.29, 0.717) is 0 Å². The van der Waals surface area contributed by atoms with Gasteiger partial charge in [0, 0.05) is 12.0 Å². The summed E-state index contributed by atoms with van der Waals surface area (Å²) in [6.07, 6.45) is 3.66. The second kappa shape index (κ2) is 4.38. The topological polar surface area (TPSA) is 35.2 Å². The molecule has 2 N–H and O–H groups in total. The predicted octanol–water partition coefficient (Wildman–Crippen LogP) is 3.15. The van der Waals surface area contributed by atoms with Crippen molar-refractivity contribution in [1.82, 2.24) is 0 Å². The van der Waals surface area contributed by atoms with E-state index in [0.717, 1.165) is 22.3 Å². The minimum Gasteiger partial charge on any atom is -0.495 e. The van der Waals surface area contributed by atoms with Crippen LogP contribution in [0.5, 0.6) is 5.75 Å². The molecule has 0 amide bonds. The summed E-state index contributed by atoms with van der Waals surface area (Å²) < 4.78 is 6.52. The van der Waals surface area contributed by atoms with Gasteiger partial charge in [-0.2, -0.15) is 0 Å². The molecule has 1 saturated carbocycles. The summed E-state index contributed by atoms with van der Waals surface area (Å²) in [5.41, 5.74) is 8.58. The quantitative estimate of drug-likeness (QED) is 0.925. The molecule has 88 valence electrons. The van der Waals surface area contributed by atoms with Gasteiger partial charge in [-0.3, -0.25) is 0 Å². The maximum absolute atomic E-state index is 5.94. The van der Waals surface area contributed by atoms with E-state index < -0.39 is 0 Å². The van der Waals surface area contributed by atoms with Crippen molar-refractivity contribution in [3.8, 4) is 5.75 Å². The molecule has 1 aliphatic carbocycles. The zero-order valence-electron chi connectivity index (χ0n) is 9.85. The number of aryl methyl sites for hydroxylation is 1. The van der Waals surface area contributed by atoms with Crippen molar-refractivity contribution in [3.05, 3.63) is 27.7 Å². The number of hydrogen-bond donors (Lipinski definition) is 1. The highest BCUT2D eigenvalue weighted by molar-refractivity contribution is 9.10. The van der Waals surface area contributed by atoms with Gasteiger partial charge in [0.15, 0.2) is 0 Å². The SMILES string of the molecule is COc1c(C)ccc(C2(CN)CCC2)c1Br. The van der Waals surface area contributed by atoms with Crippen LogP contribution >= 0.6 is 15.9 Å². The van der Waals surface area contributed by atoms with Crippen LogP contribution in [0, 0.1) is 6.92 Å². The molecule has 0 saturated heterocycles. The fourth-order valence-corrected chi connectivity index (χ4v) is 3.53. The Hall–Kier alpha value is -0.540. The van der Waals surface area contributed by atoms with Crippen molar-refractivity contribution in [1.29, 1.82) is 0 Å². The van der Waals surface area contributed by atoms with Crippen molar-refractivity contribution in [2.75, 3.05) is 13.7 Å². The first-order chi connectivity index (χ1) is 7.64. The zero-order valence-corrected chi connectivity index (χ0v) is 11.4. The third-order valence-electron chi connectivity index (χ3n) is 3.77. The summed E-state index contributed by atoms with van der Waals surface area (Å²) in [5, 5.41) is 0. The van der Waals surface area contributed by atoms with E-state index in [1.165, 1.54) is 24.8 Å². The molecule has 2 nitrogen and oxygen atoms in total. The molecule has 2 rings (SSSR count). The van der Waals surface area contributed by atoms with E-state index >= 15 is 0 Å². The van der Waals surface area contributed by atoms with Gasteiger partial charge in [-0.05, 0) is 46.8 Å². The number of hydrogen-bond acceptors (Lipinski definition) is 2. The summed E-state index contributed by atoms with van der Waals surface area (Å²) in [4.78, 5) is 0. The van der Waals surface area contributed by atoms with Crippen LogP contribution in [0.3, 0.4) is 0 Å². The maximum atomic E-state index is 5.94. The van der Waals surface area contributed by atoms with Crippen molar-refractivity contribution >= 4 is 15.9 Å². The van der Waals surface area contributed by atoms with Crippen LogP contribution in [-0.4, -0.2) is 13.7 Å². The first-order valence-corrected chi connectivity index (χ1v) is 6.47. The Balaban J connectivity index is 2.49. The highest BCUT2D eigenvalue weighted by atomic mass is 79.9. The predicted molar refractivity (Wildman–Crippen MR) is 70.0 cm³/mol. The molecule has 0 aromatic heterocycles. The van der Waals surface area contributed by atoms with Crippen molar-refractivity contribution in [3.63, 3.8) is 0 Å². The van der Waals surface area contributed by atoms with Gasteiger partial charge in [-0.1, -0.05) is 18.6 Å². The van der Waals surface area contributed by atoms with E-state index in [2.05, 4.69) is 35.0 Å². The van der Waals surface area contributed by atoms with Gasteiger partial charge >= 0.3 is 0 Å². The van der Waals surface area contributed by atoms with Crippen LogP contribution in [0.4, 0.5) is 0 Å². The zero-order chi connectivity index (χ0) is 11.8. The molecule has 0 heterocycles. The van der Waals surface area contributed by atoms with Gasteiger partial charge in [-0.25, -0.2) is 0 Å². The smallest absolute Gasteiger partial charge is 0.136 e. The van der Waals surface area contributed by atoms with Crippen LogP contribution in [0.1, 0.15) is 30.4 Å².